The summed E-state index contributed by atoms with van der Waals surface area (Å²) in [4.78, 5) is 0. The first kappa shape index (κ1) is 26.5. The number of benzene rings is 2. The summed E-state index contributed by atoms with van der Waals surface area (Å²) in [5, 5.41) is 3.36. The van der Waals surface area contributed by atoms with Crippen molar-refractivity contribution in [2.45, 2.75) is 19.5 Å². The molecule has 0 unspecified atom stereocenters. The van der Waals surface area contributed by atoms with Gasteiger partial charge in [-0.15, -0.1) is 60.2 Å². The Bertz CT molecular complexity index is 866. The van der Waals surface area contributed by atoms with Crippen LogP contribution in [0.2, 0.25) is 18.1 Å². The fourth-order valence-corrected chi connectivity index (χ4v) is 2.51. The van der Waals surface area contributed by atoms with E-state index >= 15 is 0 Å². The quantitative estimate of drug-likeness (QED) is 0.230. The second kappa shape index (κ2) is 14.5. The van der Waals surface area contributed by atoms with Crippen molar-refractivity contribution in [2.24, 2.45) is 0 Å². The van der Waals surface area contributed by atoms with E-state index in [-0.39, 0.29) is 30.2 Å². The average Bonchev–Trinajstić information content (AvgIpc) is 3.29. The summed E-state index contributed by atoms with van der Waals surface area (Å²) in [6, 6.07) is 20.7. The van der Waals surface area contributed by atoms with Crippen LogP contribution in [0.1, 0.15) is 6.42 Å². The maximum absolute atomic E-state index is 5.90. The molecule has 0 radical (unpaired) electrons. The van der Waals surface area contributed by atoms with Gasteiger partial charge in [0.25, 0.3) is 0 Å². The molecule has 3 aromatic rings. The molecule has 0 fully saturated rings. The molecule has 0 saturated carbocycles. The second-order valence-electron chi connectivity index (χ2n) is 5.84. The predicted molar refractivity (Wildman–Crippen MR) is 124 cm³/mol. The minimum atomic E-state index is 0. The second-order valence-corrected chi connectivity index (χ2v) is 15.7. The SMILES string of the molecule is C[Si](C)=[Zr+2].Cl.Cl.Clc1ccc(-c2cccc3[cH-]ccc23)cc1.[C-]1=CC=CC1. The zero-order chi connectivity index (χ0) is 18.1. The van der Waals surface area contributed by atoms with Gasteiger partial charge in [-0.1, -0.05) is 35.4 Å². The molecule has 27 heavy (non-hydrogen) atoms. The minimum absolute atomic E-state index is 0. The third kappa shape index (κ3) is 9.50. The van der Waals surface area contributed by atoms with Crippen LogP contribution in [-0.4, -0.2) is 5.43 Å². The van der Waals surface area contributed by atoms with E-state index in [0.717, 1.165) is 11.4 Å². The van der Waals surface area contributed by atoms with Crippen molar-refractivity contribution >= 4 is 52.6 Å². The van der Waals surface area contributed by atoms with Crippen LogP contribution in [0.3, 0.4) is 0 Å². The van der Waals surface area contributed by atoms with Crippen molar-refractivity contribution in [2.75, 3.05) is 0 Å². The first-order valence-corrected chi connectivity index (χ1v) is 14.8. The molecule has 0 heterocycles. The van der Waals surface area contributed by atoms with Crippen LogP contribution in [0.5, 0.6) is 0 Å². The summed E-state index contributed by atoms with van der Waals surface area (Å²) in [5.74, 6) is 0. The van der Waals surface area contributed by atoms with Crippen molar-refractivity contribution in [3.8, 4) is 11.1 Å². The van der Waals surface area contributed by atoms with Gasteiger partial charge in [-0.3, -0.25) is 6.08 Å². The Kier molecular flexibility index (Phi) is 14.2. The van der Waals surface area contributed by atoms with Crippen LogP contribution < -0.4 is 0 Å². The molecule has 0 aromatic heterocycles. The van der Waals surface area contributed by atoms with Gasteiger partial charge in [-0.25, -0.2) is 12.2 Å². The molecule has 0 saturated heterocycles. The Balaban J connectivity index is 0.000000518. The number of halogens is 3. The molecule has 0 atom stereocenters. The van der Waals surface area contributed by atoms with Gasteiger partial charge in [-0.2, -0.15) is 18.2 Å². The Labute approximate surface area is 195 Å². The van der Waals surface area contributed by atoms with Crippen LogP contribution in [-0.2, 0) is 23.3 Å². The fourth-order valence-electron chi connectivity index (χ4n) is 2.38. The maximum Gasteiger partial charge on any atom is 0.0406 e. The molecule has 0 N–H and O–H groups in total. The van der Waals surface area contributed by atoms with Crippen LogP contribution in [0.25, 0.3) is 21.9 Å². The molecule has 140 valence electrons. The van der Waals surface area contributed by atoms with Crippen LogP contribution in [0, 0.1) is 6.08 Å². The molecule has 1 aliphatic carbocycles. The zero-order valence-corrected chi connectivity index (χ0v) is 21.3. The van der Waals surface area contributed by atoms with E-state index in [4.69, 9.17) is 11.6 Å². The Morgan fingerprint density at radius 1 is 1.04 bits per heavy atom. The van der Waals surface area contributed by atoms with Crippen LogP contribution in [0.15, 0.2) is 78.9 Å². The van der Waals surface area contributed by atoms with Crippen molar-refractivity contribution < 1.29 is 23.3 Å². The molecule has 0 nitrogen and oxygen atoms in total. The largest absolute Gasteiger partial charge is 0.273 e. The van der Waals surface area contributed by atoms with Gasteiger partial charge in [0.2, 0.25) is 0 Å². The third-order valence-electron chi connectivity index (χ3n) is 3.42. The first-order valence-electron chi connectivity index (χ1n) is 8.22. The molecule has 0 spiro atoms. The minimum Gasteiger partial charge on any atom is -0.273 e. The molecular weight excluding hydrogens is 490 g/mol. The van der Waals surface area contributed by atoms with Gasteiger partial charge in [0.05, 0.1) is 0 Å². The molecule has 0 aliphatic heterocycles. The average molecular weight is 513 g/mol. The Morgan fingerprint density at radius 2 is 1.70 bits per heavy atom. The van der Waals surface area contributed by atoms with Gasteiger partial charge < -0.3 is 0 Å². The van der Waals surface area contributed by atoms with Gasteiger partial charge >= 0.3 is 41.9 Å². The molecular formula is C22H23Cl3SiZr. The summed E-state index contributed by atoms with van der Waals surface area (Å²) in [7, 11) is 0. The number of fused-ring (bicyclic) bond motifs is 1. The summed E-state index contributed by atoms with van der Waals surface area (Å²) in [6.07, 6.45) is 10.0. The summed E-state index contributed by atoms with van der Waals surface area (Å²) >= 11 is 7.63. The van der Waals surface area contributed by atoms with Gasteiger partial charge in [0.15, 0.2) is 0 Å². The molecule has 4 rings (SSSR count). The Hall–Kier alpha value is -0.500. The molecule has 0 amide bonds. The monoisotopic (exact) mass is 510 g/mol. The normalized spacial score (nSPS) is 10.7. The maximum atomic E-state index is 5.90. The summed E-state index contributed by atoms with van der Waals surface area (Å²) < 4.78 is 0. The van der Waals surface area contributed by atoms with Crippen molar-refractivity contribution in [3.63, 3.8) is 0 Å². The zero-order valence-electron chi connectivity index (χ0n) is 15.4. The van der Waals surface area contributed by atoms with E-state index in [9.17, 15) is 0 Å². The van der Waals surface area contributed by atoms with E-state index in [1.54, 1.807) is 23.3 Å². The van der Waals surface area contributed by atoms with Gasteiger partial charge in [0, 0.05) is 5.02 Å². The Morgan fingerprint density at radius 3 is 2.22 bits per heavy atom. The van der Waals surface area contributed by atoms with Crippen molar-refractivity contribution in [1.82, 2.24) is 0 Å². The van der Waals surface area contributed by atoms with E-state index in [2.05, 4.69) is 73.8 Å². The van der Waals surface area contributed by atoms with Crippen molar-refractivity contribution in [3.05, 3.63) is 90.0 Å². The summed E-state index contributed by atoms with van der Waals surface area (Å²) in [5.41, 5.74) is 2.68. The number of allylic oxidation sites excluding steroid dienone is 4. The molecule has 1 aliphatic rings. The van der Waals surface area contributed by atoms with E-state index < -0.39 is 0 Å². The number of rotatable bonds is 1. The number of hydrogen-bond acceptors (Lipinski definition) is 0. The summed E-state index contributed by atoms with van der Waals surface area (Å²) in [6.45, 7) is 4.62. The van der Waals surface area contributed by atoms with Crippen LogP contribution in [0.4, 0.5) is 0 Å². The first-order chi connectivity index (χ1) is 12.1. The van der Waals surface area contributed by atoms with E-state index in [1.165, 1.54) is 21.9 Å². The molecule has 0 bridgehead atoms. The smallest absolute Gasteiger partial charge is 0.0406 e. The van der Waals surface area contributed by atoms with E-state index in [0.29, 0.717) is 0 Å². The van der Waals surface area contributed by atoms with E-state index in [1.807, 2.05) is 24.3 Å². The van der Waals surface area contributed by atoms with Gasteiger partial charge in [-0.05, 0) is 17.7 Å². The predicted octanol–water partition coefficient (Wildman–Crippen LogP) is 7.81. The fraction of sp³-hybridized carbons (Fsp3) is 0.136. The third-order valence-corrected chi connectivity index (χ3v) is 3.67. The topological polar surface area (TPSA) is 0 Å². The standard InChI is InChI=1S/C15H10Cl.C5H5.C2H6Si.2ClH.Zr/c16-13-9-7-12(8-10-13)15-6-2-4-11-3-1-5-14(11)15;1-2-4-5-3-1;1-3-2;;;/h1-10H;1-3H,4H2;1-2H3;2*1H;/q2*-1;;;;+2. The molecule has 5 heteroatoms. The van der Waals surface area contributed by atoms with Crippen molar-refractivity contribution in [1.29, 1.82) is 0 Å². The van der Waals surface area contributed by atoms with Crippen LogP contribution >= 0.6 is 36.4 Å². The number of hydrogen-bond donors (Lipinski definition) is 0. The molecule has 3 aromatic carbocycles. The van der Waals surface area contributed by atoms with Gasteiger partial charge in [0.1, 0.15) is 0 Å².